The van der Waals surface area contributed by atoms with Crippen LogP contribution in [0.3, 0.4) is 0 Å². The molecule has 0 unspecified atom stereocenters. The van der Waals surface area contributed by atoms with Gasteiger partial charge in [0.1, 0.15) is 0 Å². The van der Waals surface area contributed by atoms with Crippen LogP contribution in [0.4, 0.5) is 0 Å². The van der Waals surface area contributed by atoms with Crippen LogP contribution in [0.15, 0.2) is 33.3 Å². The maximum Gasteiger partial charge on any atom is 0.196 e. The van der Waals surface area contributed by atoms with Gasteiger partial charge in [0.2, 0.25) is 0 Å². The molecule has 0 radical (unpaired) electrons. The highest BCUT2D eigenvalue weighted by molar-refractivity contribution is 14.1. The second kappa shape index (κ2) is 5.97. The van der Waals surface area contributed by atoms with Gasteiger partial charge in [-0.05, 0) is 47.8 Å². The minimum atomic E-state index is 0.769. The van der Waals surface area contributed by atoms with Crippen molar-refractivity contribution < 1.29 is 4.42 Å². The Morgan fingerprint density at radius 3 is 3.06 bits per heavy atom. The van der Waals surface area contributed by atoms with E-state index in [2.05, 4.69) is 54.9 Å². The topological polar surface area (TPSA) is 38.1 Å². The van der Waals surface area contributed by atoms with E-state index in [1.165, 1.54) is 0 Å². The molecule has 1 heterocycles. The molecule has 0 spiro atoms. The first-order valence-corrected chi connectivity index (χ1v) is 7.12. The maximum atomic E-state index is 5.73. The Kier molecular flexibility index (Phi) is 4.58. The summed E-state index contributed by atoms with van der Waals surface area (Å²) >= 11 is 5.76. The Morgan fingerprint density at radius 2 is 2.29 bits per heavy atom. The fourth-order valence-electron chi connectivity index (χ4n) is 1.47. The Bertz CT molecular complexity index is 513. The van der Waals surface area contributed by atoms with Crippen LogP contribution >= 0.6 is 38.5 Å². The van der Waals surface area contributed by atoms with Crippen LogP contribution in [0.5, 0.6) is 0 Å². The van der Waals surface area contributed by atoms with Crippen LogP contribution in [0.2, 0.25) is 0 Å². The fraction of sp³-hybridized carbons (Fsp3) is 0.250. The molecule has 17 heavy (non-hydrogen) atoms. The molecule has 1 aromatic carbocycles. The normalized spacial score (nSPS) is 10.8. The van der Waals surface area contributed by atoms with E-state index in [0.717, 1.165) is 38.2 Å². The van der Waals surface area contributed by atoms with Gasteiger partial charge in [-0.3, -0.25) is 0 Å². The van der Waals surface area contributed by atoms with E-state index in [-0.39, 0.29) is 0 Å². The van der Waals surface area contributed by atoms with Gasteiger partial charge >= 0.3 is 0 Å². The molecule has 2 rings (SSSR count). The van der Waals surface area contributed by atoms with E-state index in [1.807, 2.05) is 19.2 Å². The van der Waals surface area contributed by atoms with Crippen molar-refractivity contribution in [3.05, 3.63) is 38.3 Å². The van der Waals surface area contributed by atoms with Crippen LogP contribution in [-0.2, 0) is 6.42 Å². The highest BCUT2D eigenvalue weighted by atomic mass is 127. The van der Waals surface area contributed by atoms with Crippen LogP contribution < -0.4 is 5.32 Å². The van der Waals surface area contributed by atoms with E-state index in [0.29, 0.717) is 0 Å². The zero-order valence-corrected chi connectivity index (χ0v) is 13.1. The predicted octanol–water partition coefficient (Wildman–Crippen LogP) is 3.47. The number of benzene rings is 1. The molecule has 0 aliphatic heterocycles. The third-order valence-corrected chi connectivity index (χ3v) is 3.77. The minimum Gasteiger partial charge on any atom is -0.441 e. The Balaban J connectivity index is 2.27. The summed E-state index contributed by atoms with van der Waals surface area (Å²) in [6.45, 7) is 0.871. The first-order chi connectivity index (χ1) is 8.20. The SMILES string of the molecule is CNCCc1ncc(-c2cc(Br)ccc2I)o1. The highest BCUT2D eigenvalue weighted by Gasteiger charge is 2.09. The fourth-order valence-corrected chi connectivity index (χ4v) is 2.43. The average molecular weight is 407 g/mol. The Morgan fingerprint density at radius 1 is 1.47 bits per heavy atom. The molecule has 0 fully saturated rings. The molecular formula is C12H12BrIN2O. The number of rotatable bonds is 4. The van der Waals surface area contributed by atoms with Crippen molar-refractivity contribution in [1.82, 2.24) is 10.3 Å². The zero-order chi connectivity index (χ0) is 12.3. The molecule has 2 aromatic rings. The Labute approximate surface area is 122 Å². The smallest absolute Gasteiger partial charge is 0.196 e. The van der Waals surface area contributed by atoms with Crippen molar-refractivity contribution in [2.45, 2.75) is 6.42 Å². The molecule has 1 aromatic heterocycles. The number of oxazole rings is 1. The van der Waals surface area contributed by atoms with Crippen molar-refractivity contribution in [3.63, 3.8) is 0 Å². The monoisotopic (exact) mass is 406 g/mol. The van der Waals surface area contributed by atoms with Gasteiger partial charge < -0.3 is 9.73 Å². The predicted molar refractivity (Wildman–Crippen MR) is 80.0 cm³/mol. The summed E-state index contributed by atoms with van der Waals surface area (Å²) in [5.74, 6) is 1.59. The third-order valence-electron chi connectivity index (χ3n) is 2.34. The summed E-state index contributed by atoms with van der Waals surface area (Å²) in [5, 5.41) is 3.08. The summed E-state index contributed by atoms with van der Waals surface area (Å²) < 4.78 is 7.93. The summed E-state index contributed by atoms with van der Waals surface area (Å²) in [6, 6.07) is 6.11. The first kappa shape index (κ1) is 13.0. The van der Waals surface area contributed by atoms with Crippen molar-refractivity contribution in [3.8, 4) is 11.3 Å². The summed E-state index contributed by atoms with van der Waals surface area (Å²) in [6.07, 6.45) is 2.59. The number of hydrogen-bond acceptors (Lipinski definition) is 3. The molecule has 0 saturated heterocycles. The van der Waals surface area contributed by atoms with Gasteiger partial charge in [-0.1, -0.05) is 15.9 Å². The Hall–Kier alpha value is -0.400. The number of hydrogen-bond donors (Lipinski definition) is 1. The number of likely N-dealkylation sites (N-methyl/N-ethyl adjacent to an activating group) is 1. The van der Waals surface area contributed by atoms with Gasteiger partial charge in [-0.2, -0.15) is 0 Å². The lowest BCUT2D eigenvalue weighted by Crippen LogP contribution is -2.10. The van der Waals surface area contributed by atoms with Gasteiger partial charge in [0.15, 0.2) is 11.7 Å². The lowest BCUT2D eigenvalue weighted by molar-refractivity contribution is 0.500. The molecule has 5 heteroatoms. The first-order valence-electron chi connectivity index (χ1n) is 5.25. The highest BCUT2D eigenvalue weighted by Crippen LogP contribution is 2.28. The van der Waals surface area contributed by atoms with Gasteiger partial charge in [0.05, 0.1) is 6.20 Å². The largest absolute Gasteiger partial charge is 0.441 e. The molecule has 0 aliphatic carbocycles. The quantitative estimate of drug-likeness (QED) is 0.790. The minimum absolute atomic E-state index is 0.769. The molecule has 90 valence electrons. The standard InChI is InChI=1S/C12H12BrIN2O/c1-15-5-4-12-16-7-11(17-12)9-6-8(13)2-3-10(9)14/h2-3,6-7,15H,4-5H2,1H3. The molecule has 1 N–H and O–H groups in total. The summed E-state index contributed by atoms with van der Waals surface area (Å²) in [5.41, 5.74) is 1.07. The van der Waals surface area contributed by atoms with Crippen LogP contribution in [0, 0.1) is 3.57 Å². The number of aromatic nitrogens is 1. The molecule has 0 saturated carbocycles. The van der Waals surface area contributed by atoms with Crippen LogP contribution in [0.25, 0.3) is 11.3 Å². The van der Waals surface area contributed by atoms with E-state index < -0.39 is 0 Å². The number of nitrogens with one attached hydrogen (secondary N) is 1. The molecule has 0 atom stereocenters. The molecular weight excluding hydrogens is 395 g/mol. The molecule has 0 amide bonds. The second-order valence-corrected chi connectivity index (χ2v) is 5.67. The average Bonchev–Trinajstić information content (AvgIpc) is 2.78. The number of halogens is 2. The molecule has 0 bridgehead atoms. The van der Waals surface area contributed by atoms with Crippen LogP contribution in [0.1, 0.15) is 5.89 Å². The zero-order valence-electron chi connectivity index (χ0n) is 9.34. The van der Waals surface area contributed by atoms with Crippen molar-refractivity contribution in [1.29, 1.82) is 0 Å². The summed E-state index contributed by atoms with van der Waals surface area (Å²) in [4.78, 5) is 4.28. The van der Waals surface area contributed by atoms with Gasteiger partial charge in [-0.25, -0.2) is 4.98 Å². The van der Waals surface area contributed by atoms with E-state index in [4.69, 9.17) is 4.42 Å². The van der Waals surface area contributed by atoms with Gasteiger partial charge in [0, 0.05) is 26.6 Å². The van der Waals surface area contributed by atoms with Crippen molar-refractivity contribution in [2.24, 2.45) is 0 Å². The third kappa shape index (κ3) is 3.29. The van der Waals surface area contributed by atoms with E-state index >= 15 is 0 Å². The number of nitrogens with zero attached hydrogens (tertiary/aromatic N) is 1. The van der Waals surface area contributed by atoms with E-state index in [9.17, 15) is 0 Å². The lowest BCUT2D eigenvalue weighted by Gasteiger charge is -2.01. The van der Waals surface area contributed by atoms with Crippen molar-refractivity contribution >= 4 is 38.5 Å². The lowest BCUT2D eigenvalue weighted by atomic mass is 10.2. The van der Waals surface area contributed by atoms with Crippen LogP contribution in [-0.4, -0.2) is 18.6 Å². The maximum absolute atomic E-state index is 5.73. The van der Waals surface area contributed by atoms with Gasteiger partial charge in [-0.15, -0.1) is 0 Å². The molecule has 0 aliphatic rings. The second-order valence-electron chi connectivity index (χ2n) is 3.60. The summed E-state index contributed by atoms with van der Waals surface area (Å²) in [7, 11) is 1.92. The van der Waals surface area contributed by atoms with E-state index in [1.54, 1.807) is 6.20 Å². The van der Waals surface area contributed by atoms with Gasteiger partial charge in [0.25, 0.3) is 0 Å². The molecule has 3 nitrogen and oxygen atoms in total. The van der Waals surface area contributed by atoms with Crippen molar-refractivity contribution in [2.75, 3.05) is 13.6 Å².